The van der Waals surface area contributed by atoms with Crippen LogP contribution in [-0.2, 0) is 23.2 Å². The molecule has 5 heterocycles. The summed E-state index contributed by atoms with van der Waals surface area (Å²) in [5.41, 5.74) is -0.260. The number of Topliss-reactive ketones (excluding diaryl/α,β-unsaturated/α-hetero) is 1. The molecule has 3 aliphatic rings. The molecule has 220 valence electrons. The number of aromatic nitrogens is 5. The lowest BCUT2D eigenvalue weighted by atomic mass is 10.2. The Morgan fingerprint density at radius 1 is 1.14 bits per heavy atom. The Kier molecular flexibility index (Phi) is 6.54. The fourth-order valence-electron chi connectivity index (χ4n) is 5.54. The highest BCUT2D eigenvalue weighted by atomic mass is 19.3. The van der Waals surface area contributed by atoms with Crippen molar-refractivity contribution in [2.24, 2.45) is 18.9 Å². The third kappa shape index (κ3) is 4.48. The van der Waals surface area contributed by atoms with E-state index in [4.69, 9.17) is 0 Å². The summed E-state index contributed by atoms with van der Waals surface area (Å²) in [6.07, 6.45) is 3.22. The molecular formula is C27H29F2N9O4. The molecule has 13 nitrogen and oxygen atoms in total. The zero-order valence-electron chi connectivity index (χ0n) is 23.2. The number of nitrogens with zero attached hydrogens (tertiary/aromatic N) is 7. The first kappa shape index (κ1) is 27.5. The Morgan fingerprint density at radius 2 is 1.88 bits per heavy atom. The number of carbonyl (C=O) groups is 2. The van der Waals surface area contributed by atoms with Crippen LogP contribution in [0.25, 0.3) is 11.4 Å². The van der Waals surface area contributed by atoms with Gasteiger partial charge in [-0.1, -0.05) is 13.0 Å². The van der Waals surface area contributed by atoms with E-state index in [2.05, 4.69) is 25.6 Å². The lowest BCUT2D eigenvalue weighted by Crippen LogP contribution is -2.46. The number of anilines is 4. The highest BCUT2D eigenvalue weighted by Gasteiger charge is 2.71. The van der Waals surface area contributed by atoms with Gasteiger partial charge in [-0.2, -0.15) is 0 Å². The third-order valence-electron chi connectivity index (χ3n) is 8.23. The number of amides is 1. The lowest BCUT2D eigenvalue weighted by molar-refractivity contribution is -0.119. The molecule has 3 atom stereocenters. The van der Waals surface area contributed by atoms with Gasteiger partial charge in [0.2, 0.25) is 5.91 Å². The van der Waals surface area contributed by atoms with Gasteiger partial charge in [-0.15, -0.1) is 0 Å². The van der Waals surface area contributed by atoms with Crippen molar-refractivity contribution >= 4 is 34.8 Å². The first-order valence-corrected chi connectivity index (χ1v) is 13.6. The molecular weight excluding hydrogens is 552 g/mol. The average molecular weight is 582 g/mol. The fourth-order valence-corrected chi connectivity index (χ4v) is 5.54. The van der Waals surface area contributed by atoms with Crippen LogP contribution in [0.5, 0.6) is 0 Å². The van der Waals surface area contributed by atoms with Crippen LogP contribution in [0.4, 0.5) is 31.9 Å². The van der Waals surface area contributed by atoms with Gasteiger partial charge in [-0.3, -0.25) is 23.5 Å². The zero-order chi connectivity index (χ0) is 29.9. The summed E-state index contributed by atoms with van der Waals surface area (Å²) in [5, 5.41) is 5.75. The Morgan fingerprint density at radius 3 is 2.55 bits per heavy atom. The minimum absolute atomic E-state index is 0.101. The predicted octanol–water partition coefficient (Wildman–Crippen LogP) is 1.30. The van der Waals surface area contributed by atoms with E-state index in [9.17, 15) is 28.0 Å². The Labute approximate surface area is 238 Å². The van der Waals surface area contributed by atoms with Gasteiger partial charge in [0.15, 0.2) is 5.78 Å². The number of rotatable bonds is 8. The topological polar surface area (TPSA) is 147 Å². The molecule has 42 heavy (non-hydrogen) atoms. The van der Waals surface area contributed by atoms with E-state index in [1.54, 1.807) is 36.9 Å². The van der Waals surface area contributed by atoms with E-state index in [0.717, 1.165) is 4.57 Å². The van der Waals surface area contributed by atoms with Crippen molar-refractivity contribution in [1.29, 1.82) is 0 Å². The largest absolute Gasteiger partial charge is 0.354 e. The Balaban J connectivity index is 1.17. The molecule has 0 bridgehead atoms. The van der Waals surface area contributed by atoms with E-state index in [1.807, 2.05) is 0 Å². The molecule has 0 radical (unpaired) electrons. The predicted molar refractivity (Wildman–Crippen MR) is 150 cm³/mol. The van der Waals surface area contributed by atoms with Gasteiger partial charge in [0.05, 0.1) is 43.1 Å². The monoisotopic (exact) mass is 581 g/mol. The molecule has 0 spiro atoms. The molecule has 2 N–H and O–H groups in total. The van der Waals surface area contributed by atoms with Crippen molar-refractivity contribution in [3.8, 4) is 11.4 Å². The van der Waals surface area contributed by atoms with Crippen molar-refractivity contribution in [2.75, 3.05) is 40.2 Å². The van der Waals surface area contributed by atoms with Gasteiger partial charge in [0, 0.05) is 26.6 Å². The van der Waals surface area contributed by atoms with Crippen molar-refractivity contribution in [1.82, 2.24) is 24.1 Å². The number of nitrogens with one attached hydrogen (secondary N) is 2. The van der Waals surface area contributed by atoms with Crippen LogP contribution in [0.15, 0.2) is 40.2 Å². The van der Waals surface area contributed by atoms with E-state index in [-0.39, 0.29) is 55.8 Å². The molecule has 1 amide bonds. The summed E-state index contributed by atoms with van der Waals surface area (Å²) in [4.78, 5) is 67.8. The number of hydrogen-bond donors (Lipinski definition) is 2. The van der Waals surface area contributed by atoms with Crippen molar-refractivity contribution < 1.29 is 18.4 Å². The summed E-state index contributed by atoms with van der Waals surface area (Å²) < 4.78 is 29.2. The molecule has 3 aromatic heterocycles. The van der Waals surface area contributed by atoms with Crippen molar-refractivity contribution in [3.63, 3.8) is 0 Å². The lowest BCUT2D eigenvalue weighted by Gasteiger charge is -2.24. The quantitative estimate of drug-likeness (QED) is 0.399. The first-order valence-electron chi connectivity index (χ1n) is 13.6. The van der Waals surface area contributed by atoms with Crippen LogP contribution in [0.2, 0.25) is 0 Å². The second-order valence-corrected chi connectivity index (χ2v) is 10.8. The third-order valence-corrected chi connectivity index (χ3v) is 8.23. The Hall–Kier alpha value is -4.69. The van der Waals surface area contributed by atoms with Crippen LogP contribution in [0.3, 0.4) is 0 Å². The fraction of sp³-hybridized carbons (Fsp3) is 0.444. The minimum atomic E-state index is -2.57. The smallest absolute Gasteiger partial charge is 0.332 e. The number of carbonyl (C=O) groups excluding carboxylic acids is 2. The van der Waals surface area contributed by atoms with Crippen LogP contribution in [0.1, 0.15) is 20.3 Å². The molecule has 1 aliphatic carbocycles. The van der Waals surface area contributed by atoms with Crippen molar-refractivity contribution in [3.05, 3.63) is 51.4 Å². The van der Waals surface area contributed by atoms with Gasteiger partial charge in [0.25, 0.3) is 11.5 Å². The number of alkyl halides is 2. The summed E-state index contributed by atoms with van der Waals surface area (Å²) in [6, 6.07) is 4.16. The van der Waals surface area contributed by atoms with Crippen LogP contribution >= 0.6 is 0 Å². The minimum Gasteiger partial charge on any atom is -0.354 e. The summed E-state index contributed by atoms with van der Waals surface area (Å²) in [6.45, 7) is 3.52. The molecule has 15 heteroatoms. The molecule has 2 aliphatic heterocycles. The standard InChI is InChI=1S/C27H29F2N9O4/c1-4-15(39)10-37-25(41)22-23(35(3)26(37)42)32-13-38(22)14(2)24(40)34-20-7-5-6-18(33-20)19-8-31-21(9-30-19)36-11-16-17(12-36)27(16,28)29/h5-9,14,16-17,32H,4,10-13H2,1-3H3,(H,33,34,40)/t14-,16?,17?/m0/s1. The van der Waals surface area contributed by atoms with Gasteiger partial charge in [-0.05, 0) is 19.1 Å². The van der Waals surface area contributed by atoms with Gasteiger partial charge < -0.3 is 20.4 Å². The summed E-state index contributed by atoms with van der Waals surface area (Å²) in [5.74, 6) is -3.49. The van der Waals surface area contributed by atoms with Gasteiger partial charge in [0.1, 0.15) is 34.9 Å². The molecule has 2 fully saturated rings. The van der Waals surface area contributed by atoms with Gasteiger partial charge >= 0.3 is 5.69 Å². The molecule has 0 aromatic carbocycles. The maximum absolute atomic E-state index is 13.5. The number of fused-ring (bicyclic) bond motifs is 2. The van der Waals surface area contributed by atoms with E-state index in [1.165, 1.54) is 28.9 Å². The molecule has 3 aromatic rings. The number of hydrogen-bond acceptors (Lipinski definition) is 10. The summed E-state index contributed by atoms with van der Waals surface area (Å²) in [7, 11) is 1.49. The van der Waals surface area contributed by atoms with E-state index >= 15 is 0 Å². The average Bonchev–Trinajstić information content (AvgIpc) is 3.41. The van der Waals surface area contributed by atoms with Crippen LogP contribution in [-0.4, -0.2) is 67.5 Å². The molecule has 1 saturated heterocycles. The normalized spacial score (nSPS) is 20.5. The van der Waals surface area contributed by atoms with E-state index < -0.39 is 41.0 Å². The summed E-state index contributed by atoms with van der Waals surface area (Å²) >= 11 is 0. The molecule has 1 saturated carbocycles. The van der Waals surface area contributed by atoms with E-state index in [0.29, 0.717) is 17.2 Å². The molecule has 2 unspecified atom stereocenters. The number of pyridine rings is 1. The van der Waals surface area contributed by atoms with Crippen molar-refractivity contribution in [2.45, 2.75) is 38.8 Å². The number of piperidine rings is 1. The van der Waals surface area contributed by atoms with Gasteiger partial charge in [-0.25, -0.2) is 28.5 Å². The zero-order valence-corrected chi connectivity index (χ0v) is 23.2. The number of halogens is 2. The SMILES string of the molecule is CCC(=O)Cn1c(=O)c2c(n(C)c1=O)NCN2[C@@H](C)C(=O)Nc1cccc(-c2cnc(N3CC4C(C3)C4(F)F)cn2)n1. The second kappa shape index (κ2) is 9.99. The number of ketones is 1. The van der Waals surface area contributed by atoms with Crippen LogP contribution < -0.4 is 31.7 Å². The highest BCUT2D eigenvalue weighted by molar-refractivity contribution is 5.97. The maximum Gasteiger partial charge on any atom is 0.332 e. The maximum atomic E-state index is 13.5. The first-order chi connectivity index (χ1) is 20.0. The highest BCUT2D eigenvalue weighted by Crippen LogP contribution is 2.59. The Bertz CT molecular complexity index is 1690. The van der Waals surface area contributed by atoms with Crippen LogP contribution in [0, 0.1) is 11.8 Å². The second-order valence-electron chi connectivity index (χ2n) is 10.8. The molecule has 6 rings (SSSR count).